The summed E-state index contributed by atoms with van der Waals surface area (Å²) >= 11 is 0. The van der Waals surface area contributed by atoms with Crippen LogP contribution in [0.25, 0.3) is 6.08 Å². The van der Waals surface area contributed by atoms with E-state index in [0.717, 1.165) is 41.2 Å². The standard InChI is InChI=1S/C27H25NO4/c1-18-5-3-4-6-20(18)15-25-26(29)22-11-12-24-23(27(22)32-25)16-28(17-31-24)14-13-19-7-9-21(30-2)10-8-19/h3-12,15H,13-14,16-17H2,1-2H3/b25-15-. The first-order valence-electron chi connectivity index (χ1n) is 10.8. The molecule has 0 aromatic heterocycles. The number of benzene rings is 3. The number of hydrogen-bond acceptors (Lipinski definition) is 5. The van der Waals surface area contributed by atoms with Crippen molar-refractivity contribution in [2.24, 2.45) is 0 Å². The van der Waals surface area contributed by atoms with Gasteiger partial charge in [-0.2, -0.15) is 0 Å². The van der Waals surface area contributed by atoms with E-state index in [1.807, 2.05) is 61.5 Å². The summed E-state index contributed by atoms with van der Waals surface area (Å²) in [6, 6.07) is 19.8. The van der Waals surface area contributed by atoms with Crippen LogP contribution in [0.2, 0.25) is 0 Å². The van der Waals surface area contributed by atoms with Crippen LogP contribution >= 0.6 is 0 Å². The first kappa shape index (κ1) is 20.3. The predicted octanol–water partition coefficient (Wildman–Crippen LogP) is 5.01. The maximum absolute atomic E-state index is 13.0. The fraction of sp³-hybridized carbons (Fsp3) is 0.222. The molecule has 3 aromatic rings. The molecule has 32 heavy (non-hydrogen) atoms. The molecule has 0 N–H and O–H groups in total. The molecule has 0 bridgehead atoms. The number of rotatable bonds is 5. The van der Waals surface area contributed by atoms with Gasteiger partial charge < -0.3 is 14.2 Å². The lowest BCUT2D eigenvalue weighted by Gasteiger charge is -2.29. The zero-order valence-corrected chi connectivity index (χ0v) is 18.3. The quantitative estimate of drug-likeness (QED) is 0.536. The van der Waals surface area contributed by atoms with Crippen LogP contribution in [0, 0.1) is 6.92 Å². The first-order valence-corrected chi connectivity index (χ1v) is 10.8. The van der Waals surface area contributed by atoms with Gasteiger partial charge in [-0.15, -0.1) is 0 Å². The number of fused-ring (bicyclic) bond motifs is 3. The van der Waals surface area contributed by atoms with Gasteiger partial charge >= 0.3 is 0 Å². The second-order valence-electron chi connectivity index (χ2n) is 8.14. The third-order valence-electron chi connectivity index (χ3n) is 6.03. The summed E-state index contributed by atoms with van der Waals surface area (Å²) in [6.07, 6.45) is 2.73. The lowest BCUT2D eigenvalue weighted by molar-refractivity contribution is 0.0949. The number of ether oxygens (including phenoxy) is 3. The van der Waals surface area contributed by atoms with Crippen molar-refractivity contribution in [3.05, 3.63) is 94.2 Å². The van der Waals surface area contributed by atoms with Gasteiger partial charge in [0.15, 0.2) is 5.76 Å². The predicted molar refractivity (Wildman–Crippen MR) is 123 cm³/mol. The van der Waals surface area contributed by atoms with Crippen LogP contribution in [0.4, 0.5) is 0 Å². The minimum absolute atomic E-state index is 0.0820. The molecule has 0 saturated heterocycles. The van der Waals surface area contributed by atoms with Gasteiger partial charge in [0.2, 0.25) is 5.78 Å². The number of hydrogen-bond donors (Lipinski definition) is 0. The van der Waals surface area contributed by atoms with Gasteiger partial charge in [0.05, 0.1) is 18.2 Å². The molecule has 2 heterocycles. The van der Waals surface area contributed by atoms with E-state index in [-0.39, 0.29) is 5.78 Å². The molecule has 3 aromatic carbocycles. The molecule has 5 rings (SSSR count). The fourth-order valence-corrected chi connectivity index (χ4v) is 4.12. The van der Waals surface area contributed by atoms with E-state index in [1.165, 1.54) is 5.56 Å². The zero-order chi connectivity index (χ0) is 22.1. The molecule has 0 spiro atoms. The van der Waals surface area contributed by atoms with Crippen LogP contribution in [0.15, 0.2) is 66.4 Å². The van der Waals surface area contributed by atoms with Crippen molar-refractivity contribution in [2.45, 2.75) is 19.9 Å². The summed E-state index contributed by atoms with van der Waals surface area (Å²) < 4.78 is 17.3. The van der Waals surface area contributed by atoms with Gasteiger partial charge in [0, 0.05) is 13.1 Å². The highest BCUT2D eigenvalue weighted by molar-refractivity contribution is 6.15. The zero-order valence-electron chi connectivity index (χ0n) is 18.3. The van der Waals surface area contributed by atoms with Crippen molar-refractivity contribution < 1.29 is 19.0 Å². The highest BCUT2D eigenvalue weighted by Gasteiger charge is 2.33. The molecule has 0 atom stereocenters. The van der Waals surface area contributed by atoms with Crippen LogP contribution in [0.1, 0.15) is 32.6 Å². The first-order chi connectivity index (χ1) is 15.6. The minimum atomic E-state index is -0.0820. The number of methoxy groups -OCH3 is 1. The molecular weight excluding hydrogens is 402 g/mol. The van der Waals surface area contributed by atoms with Crippen LogP contribution < -0.4 is 14.2 Å². The number of carbonyl (C=O) groups is 1. The SMILES string of the molecule is COc1ccc(CCN2COc3ccc4c(c3C2)O/C(=C\c2ccccc2C)C4=O)cc1. The third-order valence-corrected chi connectivity index (χ3v) is 6.03. The van der Waals surface area contributed by atoms with Gasteiger partial charge in [0.1, 0.15) is 24.0 Å². The monoisotopic (exact) mass is 427 g/mol. The molecular formula is C27H25NO4. The number of Topliss-reactive ketones (excluding diaryl/α,β-unsaturated/α-hetero) is 1. The average Bonchev–Trinajstić information content (AvgIpc) is 3.15. The van der Waals surface area contributed by atoms with Crippen molar-refractivity contribution in [1.29, 1.82) is 0 Å². The Morgan fingerprint density at radius 1 is 1.06 bits per heavy atom. The molecule has 0 unspecified atom stereocenters. The smallest absolute Gasteiger partial charge is 0.231 e. The molecule has 2 aliphatic heterocycles. The molecule has 0 radical (unpaired) electrons. The second-order valence-corrected chi connectivity index (χ2v) is 8.14. The van der Waals surface area contributed by atoms with E-state index in [9.17, 15) is 4.79 Å². The Hall–Kier alpha value is -3.57. The van der Waals surface area contributed by atoms with E-state index >= 15 is 0 Å². The van der Waals surface area contributed by atoms with Crippen LogP contribution in [-0.2, 0) is 13.0 Å². The Labute approximate surface area is 187 Å². The van der Waals surface area contributed by atoms with Crippen LogP contribution in [-0.4, -0.2) is 31.1 Å². The summed E-state index contributed by atoms with van der Waals surface area (Å²) in [5.74, 6) is 2.55. The lowest BCUT2D eigenvalue weighted by Crippen LogP contribution is -2.33. The van der Waals surface area contributed by atoms with Gasteiger partial charge in [-0.25, -0.2) is 0 Å². The summed E-state index contributed by atoms with van der Waals surface area (Å²) in [5, 5.41) is 0. The van der Waals surface area contributed by atoms with E-state index in [4.69, 9.17) is 14.2 Å². The average molecular weight is 428 g/mol. The molecule has 0 aliphatic carbocycles. The fourth-order valence-electron chi connectivity index (χ4n) is 4.12. The normalized spacial score (nSPS) is 16.3. The topological polar surface area (TPSA) is 48.0 Å². The third kappa shape index (κ3) is 3.87. The van der Waals surface area contributed by atoms with E-state index in [2.05, 4.69) is 17.0 Å². The van der Waals surface area contributed by atoms with E-state index < -0.39 is 0 Å². The highest BCUT2D eigenvalue weighted by Crippen LogP contribution is 2.42. The molecule has 0 fully saturated rings. The van der Waals surface area contributed by atoms with Crippen molar-refractivity contribution >= 4 is 11.9 Å². The summed E-state index contributed by atoms with van der Waals surface area (Å²) in [7, 11) is 1.67. The van der Waals surface area contributed by atoms with Gasteiger partial charge in [-0.05, 0) is 60.4 Å². The van der Waals surface area contributed by atoms with Gasteiger partial charge in [0.25, 0.3) is 0 Å². The number of carbonyl (C=O) groups excluding carboxylic acids is 1. The van der Waals surface area contributed by atoms with Gasteiger partial charge in [-0.3, -0.25) is 9.69 Å². The van der Waals surface area contributed by atoms with Crippen molar-refractivity contribution in [2.75, 3.05) is 20.4 Å². The molecule has 0 saturated carbocycles. The molecule has 0 amide bonds. The van der Waals surface area contributed by atoms with Crippen molar-refractivity contribution in [1.82, 2.24) is 4.90 Å². The minimum Gasteiger partial charge on any atom is -0.497 e. The summed E-state index contributed by atoms with van der Waals surface area (Å²) in [6.45, 7) is 4.06. The maximum Gasteiger partial charge on any atom is 0.231 e. The highest BCUT2D eigenvalue weighted by atomic mass is 16.5. The Morgan fingerprint density at radius 3 is 2.66 bits per heavy atom. The van der Waals surface area contributed by atoms with Crippen LogP contribution in [0.3, 0.4) is 0 Å². The number of ketones is 1. The lowest BCUT2D eigenvalue weighted by atomic mass is 10.0. The van der Waals surface area contributed by atoms with E-state index in [1.54, 1.807) is 7.11 Å². The van der Waals surface area contributed by atoms with Crippen LogP contribution in [0.5, 0.6) is 17.2 Å². The number of allylic oxidation sites excluding steroid dienone is 1. The second kappa shape index (κ2) is 8.52. The van der Waals surface area contributed by atoms with Gasteiger partial charge in [-0.1, -0.05) is 36.4 Å². The largest absolute Gasteiger partial charge is 0.497 e. The summed E-state index contributed by atoms with van der Waals surface area (Å²) in [5.41, 5.74) is 4.86. The molecule has 162 valence electrons. The molecule has 5 nitrogen and oxygen atoms in total. The Morgan fingerprint density at radius 2 is 1.88 bits per heavy atom. The maximum atomic E-state index is 13.0. The Kier molecular flexibility index (Phi) is 5.41. The molecule has 2 aliphatic rings. The van der Waals surface area contributed by atoms with E-state index in [0.29, 0.717) is 30.3 Å². The van der Waals surface area contributed by atoms with Crippen molar-refractivity contribution in [3.63, 3.8) is 0 Å². The number of aryl methyl sites for hydroxylation is 1. The summed E-state index contributed by atoms with van der Waals surface area (Å²) in [4.78, 5) is 15.2. The van der Waals surface area contributed by atoms with Crippen molar-refractivity contribution in [3.8, 4) is 17.2 Å². The Bertz CT molecular complexity index is 1200. The number of nitrogens with zero attached hydrogens (tertiary/aromatic N) is 1. The molecule has 5 heteroatoms. The Balaban J connectivity index is 1.34.